The molecule has 0 spiro atoms. The van der Waals surface area contributed by atoms with Gasteiger partial charge in [0.2, 0.25) is 0 Å². The topological polar surface area (TPSA) is 86.2 Å². The molecule has 2 rings (SSSR count). The molecule has 1 atom stereocenters. The van der Waals surface area contributed by atoms with Gasteiger partial charge in [0, 0.05) is 13.2 Å². The molecule has 14 heavy (non-hydrogen) atoms. The summed E-state index contributed by atoms with van der Waals surface area (Å²) < 4.78 is 10.3. The van der Waals surface area contributed by atoms with Crippen LogP contribution in [0, 0.1) is 5.92 Å². The van der Waals surface area contributed by atoms with Crippen LogP contribution in [0.25, 0.3) is 0 Å². The Bertz CT molecular complexity index is 283. The molecule has 78 valence electrons. The van der Waals surface area contributed by atoms with Gasteiger partial charge in [-0.05, 0) is 18.8 Å². The standard InChI is InChI=1S/C8H14N4O2/c9-7-11-12-8(14-7)10-4-6-2-1-3-13-5-6/h6H,1-5H2,(H2,9,11)(H,10,12). The zero-order valence-corrected chi connectivity index (χ0v) is 7.90. The van der Waals surface area contributed by atoms with E-state index < -0.39 is 0 Å². The molecular formula is C8H14N4O2. The maximum atomic E-state index is 5.34. The fourth-order valence-electron chi connectivity index (χ4n) is 1.51. The highest BCUT2D eigenvalue weighted by atomic mass is 16.5. The fraction of sp³-hybridized carbons (Fsp3) is 0.750. The molecule has 1 unspecified atom stereocenters. The summed E-state index contributed by atoms with van der Waals surface area (Å²) >= 11 is 0. The zero-order valence-electron chi connectivity index (χ0n) is 7.90. The van der Waals surface area contributed by atoms with E-state index in [1.54, 1.807) is 0 Å². The van der Waals surface area contributed by atoms with Crippen LogP contribution in [0.5, 0.6) is 0 Å². The second-order valence-electron chi connectivity index (χ2n) is 3.41. The van der Waals surface area contributed by atoms with Gasteiger partial charge in [0.1, 0.15) is 0 Å². The zero-order chi connectivity index (χ0) is 9.80. The van der Waals surface area contributed by atoms with Crippen LogP contribution in [0.2, 0.25) is 0 Å². The van der Waals surface area contributed by atoms with Gasteiger partial charge < -0.3 is 20.2 Å². The van der Waals surface area contributed by atoms with Gasteiger partial charge in [-0.1, -0.05) is 10.2 Å². The van der Waals surface area contributed by atoms with Crippen LogP contribution in [0.4, 0.5) is 12.0 Å². The first kappa shape index (κ1) is 9.26. The molecule has 1 aromatic rings. The molecule has 1 aliphatic rings. The minimum atomic E-state index is 0.0902. The molecule has 1 aromatic heterocycles. The molecule has 0 amide bonds. The second-order valence-corrected chi connectivity index (χ2v) is 3.41. The Hall–Kier alpha value is -1.30. The quantitative estimate of drug-likeness (QED) is 0.735. The summed E-state index contributed by atoms with van der Waals surface area (Å²) in [6.45, 7) is 2.47. The van der Waals surface area contributed by atoms with Crippen molar-refractivity contribution in [2.75, 3.05) is 30.8 Å². The summed E-state index contributed by atoms with van der Waals surface area (Å²) in [6, 6.07) is 0.473. The Kier molecular flexibility index (Phi) is 2.83. The monoisotopic (exact) mass is 198 g/mol. The summed E-state index contributed by atoms with van der Waals surface area (Å²) in [7, 11) is 0. The van der Waals surface area contributed by atoms with Crippen molar-refractivity contribution in [2.45, 2.75) is 12.8 Å². The fourth-order valence-corrected chi connectivity index (χ4v) is 1.51. The largest absolute Gasteiger partial charge is 0.390 e. The van der Waals surface area contributed by atoms with Crippen molar-refractivity contribution in [3.05, 3.63) is 0 Å². The van der Waals surface area contributed by atoms with E-state index >= 15 is 0 Å². The summed E-state index contributed by atoms with van der Waals surface area (Å²) in [5.41, 5.74) is 5.28. The Morgan fingerprint density at radius 2 is 2.43 bits per heavy atom. The van der Waals surface area contributed by atoms with E-state index in [9.17, 15) is 0 Å². The first-order chi connectivity index (χ1) is 6.84. The van der Waals surface area contributed by atoms with Crippen LogP contribution in [-0.2, 0) is 4.74 Å². The summed E-state index contributed by atoms with van der Waals surface area (Å²) in [5.74, 6) is 0.525. The lowest BCUT2D eigenvalue weighted by Gasteiger charge is -2.21. The summed E-state index contributed by atoms with van der Waals surface area (Å²) in [4.78, 5) is 0. The van der Waals surface area contributed by atoms with Gasteiger partial charge in [0.05, 0.1) is 6.61 Å². The number of nitrogens with one attached hydrogen (secondary N) is 1. The van der Waals surface area contributed by atoms with Crippen molar-refractivity contribution in [1.29, 1.82) is 0 Å². The number of anilines is 2. The van der Waals surface area contributed by atoms with Crippen LogP contribution >= 0.6 is 0 Å². The normalized spacial score (nSPS) is 22.1. The van der Waals surface area contributed by atoms with Gasteiger partial charge in [-0.2, -0.15) is 0 Å². The summed E-state index contributed by atoms with van der Waals surface area (Å²) in [5, 5.41) is 10.3. The van der Waals surface area contributed by atoms with E-state index in [2.05, 4.69) is 15.5 Å². The minimum absolute atomic E-state index is 0.0902. The van der Waals surface area contributed by atoms with Crippen molar-refractivity contribution in [3.8, 4) is 0 Å². The molecule has 2 heterocycles. The number of nitrogens with zero attached hydrogens (tertiary/aromatic N) is 2. The van der Waals surface area contributed by atoms with Crippen molar-refractivity contribution in [2.24, 2.45) is 5.92 Å². The molecule has 0 saturated carbocycles. The highest BCUT2D eigenvalue weighted by Gasteiger charge is 2.14. The molecule has 0 aromatic carbocycles. The first-order valence-electron chi connectivity index (χ1n) is 4.75. The van der Waals surface area contributed by atoms with Gasteiger partial charge in [-0.15, -0.1) is 0 Å². The van der Waals surface area contributed by atoms with Crippen molar-refractivity contribution in [1.82, 2.24) is 10.2 Å². The van der Waals surface area contributed by atoms with E-state index in [0.29, 0.717) is 11.9 Å². The van der Waals surface area contributed by atoms with Crippen LogP contribution in [0.1, 0.15) is 12.8 Å². The SMILES string of the molecule is Nc1nnc(NCC2CCCOC2)o1. The molecule has 6 nitrogen and oxygen atoms in total. The molecule has 0 bridgehead atoms. The van der Waals surface area contributed by atoms with Crippen LogP contribution in [-0.4, -0.2) is 30.0 Å². The second kappa shape index (κ2) is 4.28. The molecule has 6 heteroatoms. The van der Waals surface area contributed by atoms with Gasteiger partial charge >= 0.3 is 12.0 Å². The molecule has 3 N–H and O–H groups in total. The van der Waals surface area contributed by atoms with Crippen LogP contribution in [0.3, 0.4) is 0 Å². The van der Waals surface area contributed by atoms with Crippen molar-refractivity contribution < 1.29 is 9.15 Å². The number of nitrogens with two attached hydrogens (primary N) is 1. The number of hydrogen-bond donors (Lipinski definition) is 2. The minimum Gasteiger partial charge on any atom is -0.390 e. The lowest BCUT2D eigenvalue weighted by atomic mass is 10.0. The van der Waals surface area contributed by atoms with E-state index in [0.717, 1.165) is 26.2 Å². The molecule has 0 radical (unpaired) electrons. The third kappa shape index (κ3) is 2.35. The van der Waals surface area contributed by atoms with E-state index in [-0.39, 0.29) is 6.01 Å². The average Bonchev–Trinajstić information content (AvgIpc) is 2.63. The Morgan fingerprint density at radius 1 is 1.50 bits per heavy atom. The Labute approximate surface area is 81.8 Å². The predicted octanol–water partition coefficient (Wildman–Crippen LogP) is 0.490. The lowest BCUT2D eigenvalue weighted by Crippen LogP contribution is -2.24. The number of hydrogen-bond acceptors (Lipinski definition) is 6. The van der Waals surface area contributed by atoms with Gasteiger partial charge in [-0.25, -0.2) is 0 Å². The number of ether oxygens (including phenoxy) is 1. The number of nitrogen functional groups attached to an aromatic ring is 1. The van der Waals surface area contributed by atoms with E-state index in [4.69, 9.17) is 14.9 Å². The predicted molar refractivity (Wildman–Crippen MR) is 50.7 cm³/mol. The third-order valence-electron chi connectivity index (χ3n) is 2.24. The smallest absolute Gasteiger partial charge is 0.316 e. The van der Waals surface area contributed by atoms with E-state index in [1.807, 2.05) is 0 Å². The average molecular weight is 198 g/mol. The molecule has 1 aliphatic heterocycles. The highest BCUT2D eigenvalue weighted by Crippen LogP contribution is 2.14. The van der Waals surface area contributed by atoms with E-state index in [1.165, 1.54) is 6.42 Å². The molecule has 1 saturated heterocycles. The number of rotatable bonds is 3. The van der Waals surface area contributed by atoms with Gasteiger partial charge in [-0.3, -0.25) is 0 Å². The highest BCUT2D eigenvalue weighted by molar-refractivity contribution is 5.22. The first-order valence-corrected chi connectivity index (χ1v) is 4.75. The molecular weight excluding hydrogens is 184 g/mol. The summed E-state index contributed by atoms with van der Waals surface area (Å²) in [6.07, 6.45) is 2.30. The maximum Gasteiger partial charge on any atom is 0.316 e. The van der Waals surface area contributed by atoms with Crippen LogP contribution in [0.15, 0.2) is 4.42 Å². The molecule has 0 aliphatic carbocycles. The van der Waals surface area contributed by atoms with Crippen molar-refractivity contribution >= 4 is 12.0 Å². The Morgan fingerprint density at radius 3 is 3.07 bits per heavy atom. The Balaban J connectivity index is 1.76. The van der Waals surface area contributed by atoms with Gasteiger partial charge in [0.15, 0.2) is 0 Å². The lowest BCUT2D eigenvalue weighted by molar-refractivity contribution is 0.0593. The third-order valence-corrected chi connectivity index (χ3v) is 2.24. The van der Waals surface area contributed by atoms with Crippen LogP contribution < -0.4 is 11.1 Å². The van der Waals surface area contributed by atoms with Gasteiger partial charge in [0.25, 0.3) is 0 Å². The maximum absolute atomic E-state index is 5.34. The van der Waals surface area contributed by atoms with Crippen molar-refractivity contribution in [3.63, 3.8) is 0 Å². The number of aromatic nitrogens is 2. The molecule has 1 fully saturated rings.